The van der Waals surface area contributed by atoms with Gasteiger partial charge >= 0.3 is 6.18 Å². The Balaban J connectivity index is 0.00000312. The SMILES string of the molecule is CN=C(NCc1noc(C)n1)NC(C)c1cccc(C(F)(F)F)c1.I. The van der Waals surface area contributed by atoms with Crippen LogP contribution in [0.4, 0.5) is 13.2 Å². The third-order valence-electron chi connectivity index (χ3n) is 3.27. The van der Waals surface area contributed by atoms with Gasteiger partial charge in [0.15, 0.2) is 11.8 Å². The molecule has 0 saturated heterocycles. The zero-order chi connectivity index (χ0) is 17.7. The van der Waals surface area contributed by atoms with Gasteiger partial charge < -0.3 is 15.2 Å². The summed E-state index contributed by atoms with van der Waals surface area (Å²) in [6, 6.07) is 4.80. The van der Waals surface area contributed by atoms with Gasteiger partial charge in [0, 0.05) is 14.0 Å². The molecule has 1 atom stereocenters. The van der Waals surface area contributed by atoms with Crippen molar-refractivity contribution in [2.45, 2.75) is 32.6 Å². The molecule has 6 nitrogen and oxygen atoms in total. The van der Waals surface area contributed by atoms with E-state index in [9.17, 15) is 13.2 Å². The summed E-state index contributed by atoms with van der Waals surface area (Å²) in [5.41, 5.74) is -0.179. The molecule has 0 aliphatic rings. The average Bonchev–Trinajstić information content (AvgIpc) is 2.96. The quantitative estimate of drug-likeness (QED) is 0.408. The highest BCUT2D eigenvalue weighted by molar-refractivity contribution is 14.0. The molecule has 0 amide bonds. The zero-order valence-electron chi connectivity index (χ0n) is 13.9. The van der Waals surface area contributed by atoms with Crippen molar-refractivity contribution < 1.29 is 17.7 Å². The number of nitrogens with zero attached hydrogens (tertiary/aromatic N) is 3. The van der Waals surface area contributed by atoms with Crippen LogP contribution < -0.4 is 10.6 Å². The lowest BCUT2D eigenvalue weighted by Gasteiger charge is -2.19. The Hall–Kier alpha value is -1.85. The monoisotopic (exact) mass is 469 g/mol. The van der Waals surface area contributed by atoms with Gasteiger partial charge in [0.25, 0.3) is 0 Å². The van der Waals surface area contributed by atoms with Gasteiger partial charge in [0.1, 0.15) is 0 Å². The highest BCUT2D eigenvalue weighted by Gasteiger charge is 2.30. The second-order valence-electron chi connectivity index (χ2n) is 5.14. The third-order valence-corrected chi connectivity index (χ3v) is 3.27. The van der Waals surface area contributed by atoms with Crippen molar-refractivity contribution in [3.63, 3.8) is 0 Å². The van der Waals surface area contributed by atoms with Crippen molar-refractivity contribution in [1.29, 1.82) is 0 Å². The first kappa shape index (κ1) is 21.2. The minimum atomic E-state index is -4.37. The van der Waals surface area contributed by atoms with Crippen molar-refractivity contribution in [3.8, 4) is 0 Å². The molecular weight excluding hydrogens is 450 g/mol. The van der Waals surface area contributed by atoms with Gasteiger partial charge in [-0.2, -0.15) is 18.2 Å². The Labute approximate surface area is 160 Å². The highest BCUT2D eigenvalue weighted by atomic mass is 127. The number of hydrogen-bond acceptors (Lipinski definition) is 4. The largest absolute Gasteiger partial charge is 0.416 e. The predicted octanol–water partition coefficient (Wildman–Crippen LogP) is 3.44. The second-order valence-corrected chi connectivity index (χ2v) is 5.14. The van der Waals surface area contributed by atoms with E-state index in [0.717, 1.165) is 12.1 Å². The third kappa shape index (κ3) is 6.18. The molecule has 138 valence electrons. The normalized spacial score (nSPS) is 13.1. The number of rotatable bonds is 4. The molecule has 0 aliphatic carbocycles. The lowest BCUT2D eigenvalue weighted by molar-refractivity contribution is -0.137. The van der Waals surface area contributed by atoms with E-state index in [4.69, 9.17) is 4.52 Å². The van der Waals surface area contributed by atoms with Gasteiger partial charge in [0.2, 0.25) is 5.89 Å². The number of aliphatic imine (C=N–C) groups is 1. The molecule has 2 aromatic rings. The molecule has 0 spiro atoms. The molecule has 0 aliphatic heterocycles. The van der Waals surface area contributed by atoms with E-state index in [1.807, 2.05) is 0 Å². The molecule has 2 rings (SSSR count). The second kappa shape index (κ2) is 9.02. The van der Waals surface area contributed by atoms with Crippen LogP contribution in [0.3, 0.4) is 0 Å². The van der Waals surface area contributed by atoms with Crippen molar-refractivity contribution in [2.75, 3.05) is 7.05 Å². The van der Waals surface area contributed by atoms with E-state index >= 15 is 0 Å². The van der Waals surface area contributed by atoms with Gasteiger partial charge in [-0.25, -0.2) is 0 Å². The van der Waals surface area contributed by atoms with Gasteiger partial charge in [-0.3, -0.25) is 4.99 Å². The Morgan fingerprint density at radius 3 is 2.64 bits per heavy atom. The fourth-order valence-electron chi connectivity index (χ4n) is 2.04. The molecule has 25 heavy (non-hydrogen) atoms. The minimum Gasteiger partial charge on any atom is -0.350 e. The van der Waals surface area contributed by atoms with Crippen LogP contribution in [0, 0.1) is 6.92 Å². The first-order chi connectivity index (χ1) is 11.3. The molecule has 0 fully saturated rings. The van der Waals surface area contributed by atoms with E-state index in [1.54, 1.807) is 27.0 Å². The van der Waals surface area contributed by atoms with Crippen LogP contribution in [0.2, 0.25) is 0 Å². The van der Waals surface area contributed by atoms with Gasteiger partial charge in [-0.1, -0.05) is 17.3 Å². The fraction of sp³-hybridized carbons (Fsp3) is 0.400. The molecule has 1 heterocycles. The van der Waals surface area contributed by atoms with E-state index < -0.39 is 11.7 Å². The summed E-state index contributed by atoms with van der Waals surface area (Å²) in [4.78, 5) is 8.08. The van der Waals surface area contributed by atoms with E-state index in [2.05, 4.69) is 25.8 Å². The summed E-state index contributed by atoms with van der Waals surface area (Å²) in [5, 5.41) is 9.74. The topological polar surface area (TPSA) is 75.3 Å². The molecule has 1 aromatic carbocycles. The summed E-state index contributed by atoms with van der Waals surface area (Å²) >= 11 is 0. The number of alkyl halides is 3. The predicted molar refractivity (Wildman–Crippen MR) is 97.6 cm³/mol. The molecule has 1 unspecified atom stereocenters. The number of aromatic nitrogens is 2. The number of halogens is 4. The standard InChI is InChI=1S/C15H18F3N5O.HI/c1-9(11-5-4-6-12(7-11)15(16,17)18)21-14(19-3)20-8-13-22-10(2)24-23-13;/h4-7,9H,8H2,1-3H3,(H2,19,20,21);1H. The molecule has 0 bridgehead atoms. The minimum absolute atomic E-state index is 0. The molecule has 0 radical (unpaired) electrons. The first-order valence-electron chi connectivity index (χ1n) is 7.23. The maximum absolute atomic E-state index is 12.8. The number of guanidine groups is 1. The van der Waals surface area contributed by atoms with Crippen LogP contribution in [-0.4, -0.2) is 23.1 Å². The van der Waals surface area contributed by atoms with Crippen LogP contribution in [0.25, 0.3) is 0 Å². The van der Waals surface area contributed by atoms with Crippen LogP contribution >= 0.6 is 24.0 Å². The molecule has 0 saturated carbocycles. The first-order valence-corrected chi connectivity index (χ1v) is 7.23. The van der Waals surface area contributed by atoms with Crippen molar-refractivity contribution >= 4 is 29.9 Å². The Morgan fingerprint density at radius 2 is 2.08 bits per heavy atom. The van der Waals surface area contributed by atoms with Crippen LogP contribution in [0.15, 0.2) is 33.8 Å². The van der Waals surface area contributed by atoms with Crippen molar-refractivity contribution in [1.82, 2.24) is 20.8 Å². The smallest absolute Gasteiger partial charge is 0.350 e. The van der Waals surface area contributed by atoms with Crippen molar-refractivity contribution in [3.05, 3.63) is 47.1 Å². The Bertz CT molecular complexity index is 717. The van der Waals surface area contributed by atoms with Gasteiger partial charge in [-0.15, -0.1) is 24.0 Å². The van der Waals surface area contributed by atoms with Crippen molar-refractivity contribution in [2.24, 2.45) is 4.99 Å². The van der Waals surface area contributed by atoms with Crippen LogP contribution in [0.1, 0.15) is 35.8 Å². The Morgan fingerprint density at radius 1 is 1.36 bits per heavy atom. The average molecular weight is 469 g/mol. The molecule has 10 heteroatoms. The van der Waals surface area contributed by atoms with E-state index in [-0.39, 0.29) is 36.6 Å². The number of nitrogens with one attached hydrogen (secondary N) is 2. The highest BCUT2D eigenvalue weighted by Crippen LogP contribution is 2.30. The van der Waals surface area contributed by atoms with Crippen LogP contribution in [-0.2, 0) is 12.7 Å². The van der Waals surface area contributed by atoms with Gasteiger partial charge in [0.05, 0.1) is 18.2 Å². The maximum Gasteiger partial charge on any atom is 0.416 e. The number of hydrogen-bond donors (Lipinski definition) is 2. The van der Waals surface area contributed by atoms with E-state index in [1.165, 1.54) is 6.07 Å². The lowest BCUT2D eigenvalue weighted by atomic mass is 10.1. The summed E-state index contributed by atoms with van der Waals surface area (Å²) in [6.45, 7) is 3.71. The lowest BCUT2D eigenvalue weighted by Crippen LogP contribution is -2.38. The summed E-state index contributed by atoms with van der Waals surface area (Å²) in [7, 11) is 1.57. The zero-order valence-corrected chi connectivity index (χ0v) is 16.2. The Kier molecular flexibility index (Phi) is 7.64. The summed E-state index contributed by atoms with van der Waals surface area (Å²) in [6.07, 6.45) is -4.37. The molecular formula is C15H19F3IN5O. The van der Waals surface area contributed by atoms with Crippen LogP contribution in [0.5, 0.6) is 0 Å². The molecule has 1 aromatic heterocycles. The van der Waals surface area contributed by atoms with E-state index in [0.29, 0.717) is 23.2 Å². The number of benzene rings is 1. The summed E-state index contributed by atoms with van der Waals surface area (Å²) in [5.74, 6) is 1.33. The fourth-order valence-corrected chi connectivity index (χ4v) is 2.04. The van der Waals surface area contributed by atoms with Gasteiger partial charge in [-0.05, 0) is 24.6 Å². The molecule has 2 N–H and O–H groups in total. The number of aryl methyl sites for hydroxylation is 1. The summed E-state index contributed by atoms with van der Waals surface area (Å²) < 4.78 is 43.2. The maximum atomic E-state index is 12.8.